The third-order valence-electron chi connectivity index (χ3n) is 6.47. The van der Waals surface area contributed by atoms with Crippen LogP contribution in [0.15, 0.2) is 42.5 Å². The SMILES string of the molecule is NC(=O)CC1C[C@H]2CC[C@@H](C1)N2CCOc1ccc(Oc2nc3cccc(Cl)c3s2)cc1. The van der Waals surface area contributed by atoms with Gasteiger partial charge in [0, 0.05) is 25.0 Å². The predicted octanol–water partition coefficient (Wildman–Crippen LogP) is 5.24. The minimum absolute atomic E-state index is 0.175. The number of benzene rings is 2. The van der Waals surface area contributed by atoms with Crippen molar-refractivity contribution in [3.63, 3.8) is 0 Å². The van der Waals surface area contributed by atoms with Crippen LogP contribution in [0.3, 0.4) is 0 Å². The molecule has 2 bridgehead atoms. The molecule has 5 rings (SSSR count). The first-order valence-corrected chi connectivity index (χ1v) is 12.2. The van der Waals surface area contributed by atoms with Crippen LogP contribution in [0.2, 0.25) is 5.02 Å². The Labute approximate surface area is 196 Å². The first kappa shape index (κ1) is 21.5. The number of primary amides is 1. The molecule has 32 heavy (non-hydrogen) atoms. The summed E-state index contributed by atoms with van der Waals surface area (Å²) in [7, 11) is 0. The summed E-state index contributed by atoms with van der Waals surface area (Å²) in [5.41, 5.74) is 6.24. The molecule has 1 unspecified atom stereocenters. The Morgan fingerprint density at radius 2 is 1.84 bits per heavy atom. The second-order valence-electron chi connectivity index (χ2n) is 8.62. The molecule has 1 amide bonds. The van der Waals surface area contributed by atoms with Crippen molar-refractivity contribution in [1.82, 2.24) is 9.88 Å². The molecule has 0 radical (unpaired) electrons. The van der Waals surface area contributed by atoms with Crippen LogP contribution >= 0.6 is 22.9 Å². The third kappa shape index (κ3) is 4.70. The molecule has 168 valence electrons. The van der Waals surface area contributed by atoms with Crippen LogP contribution in [-0.2, 0) is 4.79 Å². The first-order chi connectivity index (χ1) is 15.5. The van der Waals surface area contributed by atoms with Gasteiger partial charge in [-0.1, -0.05) is 29.0 Å². The summed E-state index contributed by atoms with van der Waals surface area (Å²) in [5.74, 6) is 1.80. The van der Waals surface area contributed by atoms with Crippen LogP contribution in [0.5, 0.6) is 16.7 Å². The smallest absolute Gasteiger partial charge is 0.279 e. The molecule has 3 heterocycles. The van der Waals surface area contributed by atoms with E-state index in [0.717, 1.165) is 35.4 Å². The average Bonchev–Trinajstić information content (AvgIpc) is 3.27. The Kier molecular flexibility index (Phi) is 6.22. The summed E-state index contributed by atoms with van der Waals surface area (Å²) in [6.07, 6.45) is 5.09. The lowest BCUT2D eigenvalue weighted by molar-refractivity contribution is -0.119. The van der Waals surface area contributed by atoms with Gasteiger partial charge in [0.2, 0.25) is 5.91 Å². The number of thiazole rings is 1. The molecular weight excluding hydrogens is 446 g/mol. The molecule has 0 spiro atoms. The highest BCUT2D eigenvalue weighted by Crippen LogP contribution is 2.39. The minimum Gasteiger partial charge on any atom is -0.492 e. The van der Waals surface area contributed by atoms with E-state index in [4.69, 9.17) is 26.8 Å². The van der Waals surface area contributed by atoms with Crippen LogP contribution in [-0.4, -0.2) is 41.0 Å². The van der Waals surface area contributed by atoms with E-state index in [1.165, 1.54) is 24.2 Å². The minimum atomic E-state index is -0.175. The first-order valence-electron chi connectivity index (χ1n) is 11.0. The number of amides is 1. The highest BCUT2D eigenvalue weighted by Gasteiger charge is 2.40. The maximum atomic E-state index is 11.3. The fourth-order valence-electron chi connectivity index (χ4n) is 5.12. The average molecular weight is 472 g/mol. The summed E-state index contributed by atoms with van der Waals surface area (Å²) < 4.78 is 12.8. The molecule has 1 aromatic heterocycles. The number of carbonyl (C=O) groups excluding carboxylic acids is 1. The molecule has 2 N–H and O–H groups in total. The van der Waals surface area contributed by atoms with E-state index in [1.807, 2.05) is 42.5 Å². The molecule has 2 aliphatic heterocycles. The zero-order chi connectivity index (χ0) is 22.1. The Balaban J connectivity index is 1.12. The third-order valence-corrected chi connectivity index (χ3v) is 7.88. The van der Waals surface area contributed by atoms with E-state index >= 15 is 0 Å². The van der Waals surface area contributed by atoms with E-state index in [-0.39, 0.29) is 5.91 Å². The van der Waals surface area contributed by atoms with E-state index in [1.54, 1.807) is 0 Å². The van der Waals surface area contributed by atoms with Gasteiger partial charge in [-0.3, -0.25) is 9.69 Å². The van der Waals surface area contributed by atoms with E-state index in [0.29, 0.717) is 47.0 Å². The highest BCUT2D eigenvalue weighted by molar-refractivity contribution is 7.20. The van der Waals surface area contributed by atoms with Gasteiger partial charge in [0.15, 0.2) is 0 Å². The molecule has 3 aromatic rings. The van der Waals surface area contributed by atoms with Crippen molar-refractivity contribution in [1.29, 1.82) is 0 Å². The van der Waals surface area contributed by atoms with Crippen LogP contribution in [0, 0.1) is 5.92 Å². The van der Waals surface area contributed by atoms with Gasteiger partial charge in [-0.05, 0) is 68.0 Å². The number of ether oxygens (including phenoxy) is 2. The molecule has 2 fully saturated rings. The van der Waals surface area contributed by atoms with Gasteiger partial charge in [0.05, 0.1) is 15.2 Å². The lowest BCUT2D eigenvalue weighted by Gasteiger charge is -2.38. The monoisotopic (exact) mass is 471 g/mol. The lowest BCUT2D eigenvalue weighted by Crippen LogP contribution is -2.45. The molecule has 2 aliphatic rings. The maximum absolute atomic E-state index is 11.3. The number of nitrogens with two attached hydrogens (primary N) is 1. The molecule has 3 atom stereocenters. The quantitative estimate of drug-likeness (QED) is 0.486. The standard InChI is InChI=1S/C24H26ClN3O3S/c25-20-2-1-3-21-23(20)32-24(27-21)31-19-8-6-18(7-9-19)30-11-10-28-16-4-5-17(28)13-15(12-16)14-22(26)29/h1-3,6-9,15-17H,4-5,10-14H2,(H2,26,29)/t15?,16-,17+. The number of halogens is 1. The second-order valence-corrected chi connectivity index (χ2v) is 9.99. The van der Waals surface area contributed by atoms with Gasteiger partial charge in [-0.2, -0.15) is 0 Å². The molecule has 0 aliphatic carbocycles. The molecule has 2 aromatic carbocycles. The predicted molar refractivity (Wildman–Crippen MR) is 127 cm³/mol. The summed E-state index contributed by atoms with van der Waals surface area (Å²) in [5, 5.41) is 1.25. The number of nitrogens with zero attached hydrogens (tertiary/aromatic N) is 2. The van der Waals surface area contributed by atoms with Crippen molar-refractivity contribution in [2.45, 2.75) is 44.2 Å². The van der Waals surface area contributed by atoms with Gasteiger partial charge in [-0.25, -0.2) is 4.98 Å². The largest absolute Gasteiger partial charge is 0.492 e. The molecule has 6 nitrogen and oxygen atoms in total. The lowest BCUT2D eigenvalue weighted by atomic mass is 9.88. The summed E-state index contributed by atoms with van der Waals surface area (Å²) >= 11 is 7.66. The Hall–Kier alpha value is -2.35. The fraction of sp³-hybridized carbons (Fsp3) is 0.417. The topological polar surface area (TPSA) is 77.7 Å². The van der Waals surface area contributed by atoms with Crippen LogP contribution < -0.4 is 15.2 Å². The van der Waals surface area contributed by atoms with Crippen molar-refractivity contribution in [3.8, 4) is 16.7 Å². The van der Waals surface area contributed by atoms with E-state index in [9.17, 15) is 4.79 Å². The number of aromatic nitrogens is 1. The fourth-order valence-corrected chi connectivity index (χ4v) is 6.24. The number of fused-ring (bicyclic) bond motifs is 3. The summed E-state index contributed by atoms with van der Waals surface area (Å²) in [4.78, 5) is 18.3. The molecular formula is C24H26ClN3O3S. The Morgan fingerprint density at radius 1 is 1.12 bits per heavy atom. The number of piperidine rings is 1. The van der Waals surface area contributed by atoms with Gasteiger partial charge >= 0.3 is 0 Å². The Bertz CT molecular complexity index is 1090. The molecule has 0 saturated carbocycles. The Morgan fingerprint density at radius 3 is 2.53 bits per heavy atom. The van der Waals surface area contributed by atoms with Gasteiger partial charge in [0.25, 0.3) is 5.19 Å². The molecule has 2 saturated heterocycles. The van der Waals surface area contributed by atoms with Gasteiger partial charge in [-0.15, -0.1) is 0 Å². The molecule has 8 heteroatoms. The summed E-state index contributed by atoms with van der Waals surface area (Å²) in [6, 6.07) is 14.4. The van der Waals surface area contributed by atoms with E-state index < -0.39 is 0 Å². The van der Waals surface area contributed by atoms with Crippen LogP contribution in [0.4, 0.5) is 0 Å². The number of carbonyl (C=O) groups is 1. The number of hydrogen-bond acceptors (Lipinski definition) is 6. The van der Waals surface area contributed by atoms with Crippen molar-refractivity contribution < 1.29 is 14.3 Å². The van der Waals surface area contributed by atoms with Crippen LogP contribution in [0.25, 0.3) is 10.2 Å². The summed E-state index contributed by atoms with van der Waals surface area (Å²) in [6.45, 7) is 1.55. The maximum Gasteiger partial charge on any atom is 0.279 e. The van der Waals surface area contributed by atoms with Gasteiger partial charge in [0.1, 0.15) is 18.1 Å². The van der Waals surface area contributed by atoms with Gasteiger partial charge < -0.3 is 15.2 Å². The van der Waals surface area contributed by atoms with Crippen LogP contribution in [0.1, 0.15) is 32.1 Å². The second kappa shape index (κ2) is 9.25. The zero-order valence-corrected chi connectivity index (χ0v) is 19.3. The number of hydrogen-bond donors (Lipinski definition) is 1. The normalized spacial score (nSPS) is 22.8. The van der Waals surface area contributed by atoms with E-state index in [2.05, 4.69) is 9.88 Å². The van der Waals surface area contributed by atoms with Crippen molar-refractivity contribution in [3.05, 3.63) is 47.5 Å². The zero-order valence-electron chi connectivity index (χ0n) is 17.7. The number of rotatable bonds is 8. The highest BCUT2D eigenvalue weighted by atomic mass is 35.5. The van der Waals surface area contributed by atoms with Crippen molar-refractivity contribution >= 4 is 39.1 Å². The van der Waals surface area contributed by atoms with Crippen molar-refractivity contribution in [2.75, 3.05) is 13.2 Å². The van der Waals surface area contributed by atoms with Crippen molar-refractivity contribution in [2.24, 2.45) is 11.7 Å².